The summed E-state index contributed by atoms with van der Waals surface area (Å²) in [5.41, 5.74) is 0. The van der Waals surface area contributed by atoms with E-state index < -0.39 is 0 Å². The third-order valence-corrected chi connectivity index (χ3v) is 12.2. The largest absolute Gasteiger partial charge is 0.324 e. The Morgan fingerprint density at radius 2 is 0.519 bits per heavy atom. The summed E-state index contributed by atoms with van der Waals surface area (Å²) < 4.78 is 1.45. The number of ketones is 1. The lowest BCUT2D eigenvalue weighted by molar-refractivity contribution is -0.929. The fourth-order valence-corrected chi connectivity index (χ4v) is 8.56. The van der Waals surface area contributed by atoms with Gasteiger partial charge in [-0.2, -0.15) is 0 Å². The Labute approximate surface area is 330 Å². The van der Waals surface area contributed by atoms with E-state index in [-0.39, 0.29) is 5.78 Å². The number of hydrogen-bond donors (Lipinski definition) is 0. The zero-order valence-electron chi connectivity index (χ0n) is 36.8. The van der Waals surface area contributed by atoms with Gasteiger partial charge >= 0.3 is 0 Å². The summed E-state index contributed by atoms with van der Waals surface area (Å²) in [6.07, 6.45) is 57.7. The molecule has 0 aliphatic rings. The van der Waals surface area contributed by atoms with E-state index in [9.17, 15) is 4.79 Å². The summed E-state index contributed by atoms with van der Waals surface area (Å²) in [5, 5.41) is 0. The van der Waals surface area contributed by atoms with Crippen molar-refractivity contribution in [1.29, 1.82) is 0 Å². The van der Waals surface area contributed by atoms with Crippen molar-refractivity contribution in [3.63, 3.8) is 0 Å². The molecule has 310 valence electrons. The standard InChI is InChI=1S/C50H100NO/c1-5-9-12-15-18-21-26-31-36-41-46-51(47-42-37-32-27-22-19-16-13-10-6-2,48-43-38-33-28-23-20-17-14-11-7-3)49-44-39-34-29-24-25-30-35-40-45-50(52)8-4/h8H,4-7,9-49H2,1-3H3/q+1. The molecule has 0 aliphatic heterocycles. The molecule has 0 bridgehead atoms. The predicted molar refractivity (Wildman–Crippen MR) is 237 cm³/mol. The van der Waals surface area contributed by atoms with Crippen molar-refractivity contribution in [3.05, 3.63) is 12.7 Å². The summed E-state index contributed by atoms with van der Waals surface area (Å²) in [4.78, 5) is 11.4. The summed E-state index contributed by atoms with van der Waals surface area (Å²) in [6.45, 7) is 16.4. The Kier molecular flexibility index (Phi) is 42.6. The molecular weight excluding hydrogens is 631 g/mol. The van der Waals surface area contributed by atoms with Gasteiger partial charge in [-0.3, -0.25) is 4.79 Å². The molecule has 2 nitrogen and oxygen atoms in total. The van der Waals surface area contributed by atoms with E-state index in [1.165, 1.54) is 281 Å². The topological polar surface area (TPSA) is 17.1 Å². The van der Waals surface area contributed by atoms with Crippen molar-refractivity contribution < 1.29 is 9.28 Å². The maximum atomic E-state index is 11.4. The van der Waals surface area contributed by atoms with Gasteiger partial charge in [0.05, 0.1) is 26.2 Å². The third kappa shape index (κ3) is 37.7. The van der Waals surface area contributed by atoms with Crippen LogP contribution in [0.2, 0.25) is 0 Å². The second-order valence-corrected chi connectivity index (χ2v) is 17.4. The van der Waals surface area contributed by atoms with Gasteiger partial charge in [0.25, 0.3) is 0 Å². The van der Waals surface area contributed by atoms with Gasteiger partial charge in [-0.25, -0.2) is 0 Å². The molecule has 0 aliphatic carbocycles. The van der Waals surface area contributed by atoms with Crippen molar-refractivity contribution in [1.82, 2.24) is 0 Å². The van der Waals surface area contributed by atoms with Gasteiger partial charge in [0.2, 0.25) is 0 Å². The predicted octanol–water partition coefficient (Wildman–Crippen LogP) is 17.2. The maximum absolute atomic E-state index is 11.4. The minimum absolute atomic E-state index is 0.212. The number of hydrogen-bond acceptors (Lipinski definition) is 1. The first-order valence-corrected chi connectivity index (χ1v) is 24.6. The quantitative estimate of drug-likeness (QED) is 0.0346. The molecule has 52 heavy (non-hydrogen) atoms. The first kappa shape index (κ1) is 51.4. The van der Waals surface area contributed by atoms with Gasteiger partial charge in [0.15, 0.2) is 5.78 Å². The molecular formula is C50H100NO+. The van der Waals surface area contributed by atoms with Crippen LogP contribution in [0.15, 0.2) is 12.7 Å². The van der Waals surface area contributed by atoms with E-state index in [1.54, 1.807) is 0 Å². The number of quaternary nitrogens is 1. The summed E-state index contributed by atoms with van der Waals surface area (Å²) >= 11 is 0. The van der Waals surface area contributed by atoms with Gasteiger partial charge in [0, 0.05) is 6.42 Å². The highest BCUT2D eigenvalue weighted by atomic mass is 16.1. The van der Waals surface area contributed by atoms with E-state index in [4.69, 9.17) is 0 Å². The lowest BCUT2D eigenvalue weighted by Gasteiger charge is -2.40. The van der Waals surface area contributed by atoms with Crippen LogP contribution in [-0.2, 0) is 4.79 Å². The van der Waals surface area contributed by atoms with Crippen LogP contribution in [0.5, 0.6) is 0 Å². The van der Waals surface area contributed by atoms with E-state index in [0.717, 1.165) is 6.42 Å². The molecule has 0 amide bonds. The normalized spacial score (nSPS) is 11.8. The number of unbranched alkanes of at least 4 members (excludes halogenated alkanes) is 35. The van der Waals surface area contributed by atoms with Crippen molar-refractivity contribution in [2.75, 3.05) is 26.2 Å². The monoisotopic (exact) mass is 731 g/mol. The molecule has 2 heteroatoms. The van der Waals surface area contributed by atoms with Crippen LogP contribution in [0.4, 0.5) is 0 Å². The molecule has 0 radical (unpaired) electrons. The van der Waals surface area contributed by atoms with Crippen LogP contribution in [0, 0.1) is 0 Å². The Hall–Kier alpha value is -0.630. The number of allylic oxidation sites excluding steroid dienone is 1. The molecule has 0 N–H and O–H groups in total. The minimum Gasteiger partial charge on any atom is -0.324 e. The van der Waals surface area contributed by atoms with E-state index >= 15 is 0 Å². The first-order chi connectivity index (χ1) is 25.6. The number of nitrogens with zero attached hydrogens (tertiary/aromatic N) is 1. The van der Waals surface area contributed by atoms with Crippen LogP contribution in [0.1, 0.15) is 278 Å². The number of carbonyl (C=O) groups excluding carboxylic acids is 1. The highest BCUT2D eigenvalue weighted by Crippen LogP contribution is 2.22. The minimum atomic E-state index is 0.212. The van der Waals surface area contributed by atoms with Crippen molar-refractivity contribution in [3.8, 4) is 0 Å². The second kappa shape index (κ2) is 43.1. The maximum Gasteiger partial charge on any atom is 0.155 e. The zero-order valence-corrected chi connectivity index (χ0v) is 36.8. The fraction of sp³-hybridized carbons (Fsp3) is 0.940. The average molecular weight is 731 g/mol. The van der Waals surface area contributed by atoms with Crippen LogP contribution >= 0.6 is 0 Å². The Morgan fingerprint density at radius 3 is 0.731 bits per heavy atom. The summed E-state index contributed by atoms with van der Waals surface area (Å²) in [5.74, 6) is 0.212. The van der Waals surface area contributed by atoms with Crippen LogP contribution in [0.3, 0.4) is 0 Å². The zero-order chi connectivity index (χ0) is 37.9. The van der Waals surface area contributed by atoms with E-state index in [0.29, 0.717) is 6.42 Å². The highest BCUT2D eigenvalue weighted by Gasteiger charge is 2.25. The Morgan fingerprint density at radius 1 is 0.327 bits per heavy atom. The van der Waals surface area contributed by atoms with Gasteiger partial charge < -0.3 is 4.48 Å². The van der Waals surface area contributed by atoms with Gasteiger partial charge in [-0.05, 0) is 63.9 Å². The molecule has 0 heterocycles. The van der Waals surface area contributed by atoms with Crippen molar-refractivity contribution >= 4 is 5.78 Å². The fourth-order valence-electron chi connectivity index (χ4n) is 8.56. The van der Waals surface area contributed by atoms with Gasteiger partial charge in [-0.15, -0.1) is 0 Å². The Balaban J connectivity index is 4.89. The van der Waals surface area contributed by atoms with Crippen molar-refractivity contribution in [2.45, 2.75) is 278 Å². The van der Waals surface area contributed by atoms with E-state index in [2.05, 4.69) is 27.4 Å². The molecule has 0 rings (SSSR count). The molecule has 0 atom stereocenters. The average Bonchev–Trinajstić information content (AvgIpc) is 3.15. The number of carbonyl (C=O) groups is 1. The molecule has 0 aromatic heterocycles. The Bertz CT molecular complexity index is 641. The first-order valence-electron chi connectivity index (χ1n) is 24.6. The molecule has 0 saturated carbocycles. The molecule has 0 saturated heterocycles. The lowest BCUT2D eigenvalue weighted by Crippen LogP contribution is -2.50. The van der Waals surface area contributed by atoms with Crippen LogP contribution < -0.4 is 0 Å². The smallest absolute Gasteiger partial charge is 0.155 e. The number of rotatable bonds is 46. The molecule has 0 fully saturated rings. The SMILES string of the molecule is C=CC(=O)CCCCCCCCCCC[N+](CCCCCCCCCCCC)(CCCCCCCCCCCC)CCCCCCCCCCCC. The lowest BCUT2D eigenvalue weighted by atomic mass is 10.0. The highest BCUT2D eigenvalue weighted by molar-refractivity contribution is 5.88. The molecule has 0 spiro atoms. The van der Waals surface area contributed by atoms with Gasteiger partial charge in [-0.1, -0.05) is 220 Å². The van der Waals surface area contributed by atoms with Crippen LogP contribution in [-0.4, -0.2) is 36.4 Å². The summed E-state index contributed by atoms with van der Waals surface area (Å²) in [6, 6.07) is 0. The summed E-state index contributed by atoms with van der Waals surface area (Å²) in [7, 11) is 0. The van der Waals surface area contributed by atoms with Crippen molar-refractivity contribution in [2.24, 2.45) is 0 Å². The molecule has 0 unspecified atom stereocenters. The van der Waals surface area contributed by atoms with Crippen LogP contribution in [0.25, 0.3) is 0 Å². The molecule has 0 aromatic carbocycles. The van der Waals surface area contributed by atoms with Gasteiger partial charge in [0.1, 0.15) is 0 Å². The van der Waals surface area contributed by atoms with E-state index in [1.807, 2.05) is 0 Å². The third-order valence-electron chi connectivity index (χ3n) is 12.2. The molecule has 0 aromatic rings. The second-order valence-electron chi connectivity index (χ2n) is 17.4.